The maximum absolute atomic E-state index is 12.1. The zero-order chi connectivity index (χ0) is 17.0. The molecule has 0 saturated carbocycles. The molecule has 1 aromatic heterocycles. The molecule has 4 heteroatoms. The van der Waals surface area contributed by atoms with E-state index in [0.717, 1.165) is 53.5 Å². The van der Waals surface area contributed by atoms with Crippen molar-refractivity contribution < 1.29 is 4.79 Å². The first-order valence-electron chi connectivity index (χ1n) is 8.28. The Labute approximate surface area is 147 Å². The van der Waals surface area contributed by atoms with E-state index >= 15 is 0 Å². The van der Waals surface area contributed by atoms with Crippen LogP contribution in [0.1, 0.15) is 54.9 Å². The summed E-state index contributed by atoms with van der Waals surface area (Å²) in [7, 11) is 0. The number of nitrogens with zero attached hydrogens (tertiary/aromatic N) is 1. The van der Waals surface area contributed by atoms with Crippen LogP contribution in [0.4, 0.5) is 0 Å². The van der Waals surface area contributed by atoms with Crippen LogP contribution in [0.15, 0.2) is 28.7 Å². The highest BCUT2D eigenvalue weighted by molar-refractivity contribution is 9.10. The molecule has 0 aliphatic heterocycles. The van der Waals surface area contributed by atoms with Gasteiger partial charge in [-0.25, -0.2) is 0 Å². The number of aromatic nitrogens is 1. The van der Waals surface area contributed by atoms with Crippen LogP contribution < -0.4 is 5.73 Å². The number of primary amides is 1. The number of carbonyl (C=O) groups is 1. The molecule has 0 aliphatic carbocycles. The molecule has 0 fully saturated rings. The summed E-state index contributed by atoms with van der Waals surface area (Å²) >= 11 is 3.47. The monoisotopic (exact) mass is 376 g/mol. The largest absolute Gasteiger partial charge is 0.366 e. The van der Waals surface area contributed by atoms with Gasteiger partial charge in [0.25, 0.3) is 5.91 Å². The van der Waals surface area contributed by atoms with E-state index in [2.05, 4.69) is 46.5 Å². The summed E-state index contributed by atoms with van der Waals surface area (Å²) in [6.45, 7) is 7.30. The second kappa shape index (κ2) is 7.82. The number of amides is 1. The van der Waals surface area contributed by atoms with Crippen LogP contribution in [0.25, 0.3) is 11.1 Å². The van der Waals surface area contributed by atoms with Crippen molar-refractivity contribution in [2.24, 2.45) is 5.73 Å². The van der Waals surface area contributed by atoms with Gasteiger partial charge in [0, 0.05) is 28.0 Å². The Kier molecular flexibility index (Phi) is 6.05. The smallest absolute Gasteiger partial charge is 0.251 e. The first-order chi connectivity index (χ1) is 11.0. The second-order valence-electron chi connectivity index (χ2n) is 5.91. The van der Waals surface area contributed by atoms with Crippen molar-refractivity contribution in [2.75, 3.05) is 0 Å². The first-order valence-corrected chi connectivity index (χ1v) is 9.08. The molecule has 2 rings (SSSR count). The van der Waals surface area contributed by atoms with Gasteiger partial charge in [-0.2, -0.15) is 0 Å². The molecule has 0 saturated heterocycles. The van der Waals surface area contributed by atoms with E-state index in [4.69, 9.17) is 5.73 Å². The molecule has 23 heavy (non-hydrogen) atoms. The van der Waals surface area contributed by atoms with Gasteiger partial charge in [0.2, 0.25) is 0 Å². The molecule has 1 aromatic carbocycles. The third kappa shape index (κ3) is 3.69. The number of halogens is 1. The quantitative estimate of drug-likeness (QED) is 0.719. The van der Waals surface area contributed by atoms with Crippen molar-refractivity contribution in [1.82, 2.24) is 4.57 Å². The summed E-state index contributed by atoms with van der Waals surface area (Å²) in [5, 5.41) is 0. The van der Waals surface area contributed by atoms with Gasteiger partial charge in [0.15, 0.2) is 0 Å². The first kappa shape index (κ1) is 17.8. The zero-order valence-electron chi connectivity index (χ0n) is 14.2. The van der Waals surface area contributed by atoms with E-state index in [9.17, 15) is 4.79 Å². The van der Waals surface area contributed by atoms with Crippen molar-refractivity contribution >= 4 is 21.8 Å². The number of carbonyl (C=O) groups excluding carboxylic acids is 1. The Bertz CT molecular complexity index is 686. The Morgan fingerprint density at radius 2 is 1.83 bits per heavy atom. The molecule has 0 spiro atoms. The average Bonchev–Trinajstić information content (AvgIpc) is 2.79. The maximum Gasteiger partial charge on any atom is 0.251 e. The van der Waals surface area contributed by atoms with E-state index in [1.54, 1.807) is 0 Å². The van der Waals surface area contributed by atoms with E-state index in [1.807, 2.05) is 19.1 Å². The van der Waals surface area contributed by atoms with Gasteiger partial charge < -0.3 is 10.3 Å². The Morgan fingerprint density at radius 3 is 2.35 bits per heavy atom. The summed E-state index contributed by atoms with van der Waals surface area (Å²) < 4.78 is 3.32. The highest BCUT2D eigenvalue weighted by atomic mass is 79.9. The van der Waals surface area contributed by atoms with Crippen molar-refractivity contribution in [1.29, 1.82) is 0 Å². The Hall–Kier alpha value is -1.55. The van der Waals surface area contributed by atoms with Crippen molar-refractivity contribution in [2.45, 2.75) is 53.0 Å². The minimum Gasteiger partial charge on any atom is -0.366 e. The van der Waals surface area contributed by atoms with Crippen molar-refractivity contribution in [3.63, 3.8) is 0 Å². The number of hydrogen-bond acceptors (Lipinski definition) is 1. The normalized spacial score (nSPS) is 11.0. The minimum atomic E-state index is -0.340. The molecule has 124 valence electrons. The fourth-order valence-electron chi connectivity index (χ4n) is 3.14. The molecule has 1 heterocycles. The van der Waals surface area contributed by atoms with Gasteiger partial charge in [0.1, 0.15) is 0 Å². The van der Waals surface area contributed by atoms with Crippen LogP contribution in [0.2, 0.25) is 0 Å². The second-order valence-corrected chi connectivity index (χ2v) is 6.82. The molecule has 0 atom stereocenters. The van der Waals surface area contributed by atoms with E-state index in [0.29, 0.717) is 5.56 Å². The lowest BCUT2D eigenvalue weighted by Crippen LogP contribution is -2.13. The highest BCUT2D eigenvalue weighted by Crippen LogP contribution is 2.34. The van der Waals surface area contributed by atoms with Gasteiger partial charge in [-0.15, -0.1) is 0 Å². The standard InChI is InChI=1S/C19H25BrN2O/c1-4-6-12-22-13(3)17(19(21)23)18(16(22)7-5-2)14-8-10-15(20)11-9-14/h8-11H,4-7,12H2,1-3H3,(H2,21,23). The van der Waals surface area contributed by atoms with Gasteiger partial charge in [-0.3, -0.25) is 4.79 Å². The van der Waals surface area contributed by atoms with Crippen LogP contribution in [-0.2, 0) is 13.0 Å². The number of rotatable bonds is 7. The molecule has 0 unspecified atom stereocenters. The van der Waals surface area contributed by atoms with Gasteiger partial charge in [-0.05, 0) is 37.5 Å². The molecule has 2 aromatic rings. The maximum atomic E-state index is 12.1. The van der Waals surface area contributed by atoms with E-state index in [-0.39, 0.29) is 5.91 Å². The van der Waals surface area contributed by atoms with Gasteiger partial charge >= 0.3 is 0 Å². The highest BCUT2D eigenvalue weighted by Gasteiger charge is 2.23. The molecule has 0 radical (unpaired) electrons. The fraction of sp³-hybridized carbons (Fsp3) is 0.421. The third-order valence-corrected chi connectivity index (χ3v) is 4.76. The molecular formula is C19H25BrN2O. The average molecular weight is 377 g/mol. The molecule has 1 amide bonds. The van der Waals surface area contributed by atoms with Gasteiger partial charge in [-0.1, -0.05) is 54.8 Å². The van der Waals surface area contributed by atoms with Crippen LogP contribution >= 0.6 is 15.9 Å². The van der Waals surface area contributed by atoms with E-state index in [1.165, 1.54) is 5.69 Å². The topological polar surface area (TPSA) is 48.0 Å². The molecule has 0 bridgehead atoms. The lowest BCUT2D eigenvalue weighted by molar-refractivity contribution is 0.1000. The lowest BCUT2D eigenvalue weighted by Gasteiger charge is -2.12. The molecular weight excluding hydrogens is 352 g/mol. The van der Waals surface area contributed by atoms with E-state index < -0.39 is 0 Å². The Morgan fingerprint density at radius 1 is 1.17 bits per heavy atom. The van der Waals surface area contributed by atoms with Gasteiger partial charge in [0.05, 0.1) is 5.56 Å². The summed E-state index contributed by atoms with van der Waals surface area (Å²) in [5.41, 5.74) is 10.7. The number of unbranched alkanes of at least 4 members (excludes halogenated alkanes) is 1. The zero-order valence-corrected chi connectivity index (χ0v) is 15.7. The molecule has 3 nitrogen and oxygen atoms in total. The number of hydrogen-bond donors (Lipinski definition) is 1. The third-order valence-electron chi connectivity index (χ3n) is 4.23. The van der Waals surface area contributed by atoms with Crippen LogP contribution in [0.5, 0.6) is 0 Å². The SMILES string of the molecule is CCCCn1c(C)c(C(N)=O)c(-c2ccc(Br)cc2)c1CCC. The van der Waals surface area contributed by atoms with Crippen molar-refractivity contribution in [3.05, 3.63) is 45.7 Å². The molecule has 0 aliphatic rings. The fourth-order valence-corrected chi connectivity index (χ4v) is 3.41. The predicted molar refractivity (Wildman–Crippen MR) is 99.7 cm³/mol. The summed E-state index contributed by atoms with van der Waals surface area (Å²) in [6.07, 6.45) is 4.22. The lowest BCUT2D eigenvalue weighted by atomic mass is 9.98. The molecule has 2 N–H and O–H groups in total. The van der Waals surface area contributed by atoms with Crippen molar-refractivity contribution in [3.8, 4) is 11.1 Å². The van der Waals surface area contributed by atoms with Crippen LogP contribution in [0.3, 0.4) is 0 Å². The van der Waals surface area contributed by atoms with Crippen LogP contribution in [0, 0.1) is 6.92 Å². The summed E-state index contributed by atoms with van der Waals surface area (Å²) in [5.74, 6) is -0.340. The summed E-state index contributed by atoms with van der Waals surface area (Å²) in [4.78, 5) is 12.1. The minimum absolute atomic E-state index is 0.340. The summed E-state index contributed by atoms with van der Waals surface area (Å²) in [6, 6.07) is 8.12. The predicted octanol–water partition coefficient (Wildman–Crippen LogP) is 5.08. The Balaban J connectivity index is 2.70. The number of benzene rings is 1. The number of nitrogens with two attached hydrogens (primary N) is 1. The van der Waals surface area contributed by atoms with Crippen LogP contribution in [-0.4, -0.2) is 10.5 Å².